The quantitative estimate of drug-likeness (QED) is 0.819. The number of halogens is 1. The van der Waals surface area contributed by atoms with Gasteiger partial charge in [-0.15, -0.1) is 11.3 Å². The summed E-state index contributed by atoms with van der Waals surface area (Å²) in [5.41, 5.74) is 8.25. The van der Waals surface area contributed by atoms with Gasteiger partial charge in [0.2, 0.25) is 0 Å². The van der Waals surface area contributed by atoms with Crippen molar-refractivity contribution in [2.45, 2.75) is 6.04 Å². The van der Waals surface area contributed by atoms with Crippen LogP contribution in [0, 0.1) is 5.82 Å². The van der Waals surface area contributed by atoms with E-state index in [-0.39, 0.29) is 11.9 Å². The maximum absolute atomic E-state index is 12.8. The molecule has 0 fully saturated rings. The molecule has 3 nitrogen and oxygen atoms in total. The zero-order chi connectivity index (χ0) is 9.97. The predicted octanol–water partition coefficient (Wildman–Crippen LogP) is 1.73. The molecule has 0 saturated heterocycles. The molecule has 0 bridgehead atoms. The lowest BCUT2D eigenvalue weighted by Crippen LogP contribution is -2.10. The molecule has 1 unspecified atom stereocenters. The van der Waals surface area contributed by atoms with E-state index in [1.54, 1.807) is 17.9 Å². The summed E-state index contributed by atoms with van der Waals surface area (Å²) in [4.78, 5) is 8.56. The van der Waals surface area contributed by atoms with E-state index in [1.807, 2.05) is 0 Å². The molecule has 72 valence electrons. The molecule has 1 atom stereocenters. The van der Waals surface area contributed by atoms with Gasteiger partial charge in [0, 0.05) is 17.3 Å². The van der Waals surface area contributed by atoms with Gasteiger partial charge in [-0.3, -0.25) is 9.97 Å². The monoisotopic (exact) mass is 209 g/mol. The van der Waals surface area contributed by atoms with Gasteiger partial charge in [0.1, 0.15) is 5.82 Å². The topological polar surface area (TPSA) is 51.8 Å². The number of hydrogen-bond donors (Lipinski definition) is 1. The number of pyridine rings is 1. The van der Waals surface area contributed by atoms with E-state index in [1.165, 1.54) is 17.4 Å². The van der Waals surface area contributed by atoms with Gasteiger partial charge in [-0.2, -0.15) is 0 Å². The van der Waals surface area contributed by atoms with Crippen LogP contribution < -0.4 is 5.73 Å². The van der Waals surface area contributed by atoms with Crippen LogP contribution >= 0.6 is 11.3 Å². The third-order valence-electron chi connectivity index (χ3n) is 1.84. The number of hydrogen-bond acceptors (Lipinski definition) is 4. The fourth-order valence-electron chi connectivity index (χ4n) is 1.14. The normalized spacial score (nSPS) is 12.7. The first-order chi connectivity index (χ1) is 6.77. The minimum absolute atomic E-state index is 0.342. The van der Waals surface area contributed by atoms with Gasteiger partial charge in [0.15, 0.2) is 0 Å². The van der Waals surface area contributed by atoms with E-state index >= 15 is 0 Å². The standard InChI is InChI=1S/C9H8FN3S/c10-7-1-6(2-12-3-7)9(11)8-4-13-5-14-8/h1-5,9H,11H2. The Bertz CT molecular complexity index is 416. The zero-order valence-electron chi connectivity index (χ0n) is 7.22. The molecule has 0 radical (unpaired) electrons. The molecule has 2 aromatic heterocycles. The van der Waals surface area contributed by atoms with Gasteiger partial charge < -0.3 is 5.73 Å². The third kappa shape index (κ3) is 1.78. The molecule has 2 heterocycles. The Labute approximate surface area is 84.4 Å². The minimum Gasteiger partial charge on any atom is -0.320 e. The van der Waals surface area contributed by atoms with Gasteiger partial charge in [0.25, 0.3) is 0 Å². The molecular formula is C9H8FN3S. The molecule has 0 amide bonds. The van der Waals surface area contributed by atoms with E-state index in [0.717, 1.165) is 11.1 Å². The molecule has 2 rings (SSSR count). The van der Waals surface area contributed by atoms with Crippen LogP contribution in [-0.2, 0) is 0 Å². The zero-order valence-corrected chi connectivity index (χ0v) is 8.04. The number of nitrogens with zero attached hydrogens (tertiary/aromatic N) is 2. The van der Waals surface area contributed by atoms with Crippen molar-refractivity contribution in [2.75, 3.05) is 0 Å². The Kier molecular flexibility index (Phi) is 2.51. The van der Waals surface area contributed by atoms with Crippen molar-refractivity contribution in [1.82, 2.24) is 9.97 Å². The van der Waals surface area contributed by atoms with E-state index in [4.69, 9.17) is 5.73 Å². The highest BCUT2D eigenvalue weighted by atomic mass is 32.1. The van der Waals surface area contributed by atoms with Crippen molar-refractivity contribution in [2.24, 2.45) is 5.73 Å². The van der Waals surface area contributed by atoms with Crippen molar-refractivity contribution in [1.29, 1.82) is 0 Å². The largest absolute Gasteiger partial charge is 0.320 e. The summed E-state index contributed by atoms with van der Waals surface area (Å²) in [6.07, 6.45) is 4.40. The molecule has 0 aliphatic carbocycles. The summed E-state index contributed by atoms with van der Waals surface area (Å²) < 4.78 is 12.8. The molecule has 2 N–H and O–H groups in total. The molecule has 0 spiro atoms. The number of thiazole rings is 1. The Morgan fingerprint density at radius 3 is 2.79 bits per heavy atom. The Morgan fingerprint density at radius 2 is 2.14 bits per heavy atom. The Hall–Kier alpha value is -1.33. The number of aromatic nitrogens is 2. The average molecular weight is 209 g/mol. The second-order valence-electron chi connectivity index (χ2n) is 2.82. The number of nitrogens with two attached hydrogens (primary N) is 1. The molecule has 14 heavy (non-hydrogen) atoms. The molecule has 0 aliphatic rings. The summed E-state index contributed by atoms with van der Waals surface area (Å²) in [5, 5.41) is 0. The van der Waals surface area contributed by atoms with Gasteiger partial charge in [-0.25, -0.2) is 4.39 Å². The van der Waals surface area contributed by atoms with Crippen LogP contribution in [0.15, 0.2) is 30.2 Å². The first kappa shape index (κ1) is 9.23. The second kappa shape index (κ2) is 3.81. The summed E-state index contributed by atoms with van der Waals surface area (Å²) in [7, 11) is 0. The molecule has 0 aliphatic heterocycles. The first-order valence-corrected chi connectivity index (χ1v) is 4.90. The van der Waals surface area contributed by atoms with Crippen molar-refractivity contribution >= 4 is 11.3 Å². The molecule has 2 aromatic rings. The van der Waals surface area contributed by atoms with Crippen LogP contribution in [0.4, 0.5) is 4.39 Å². The minimum atomic E-state index is -0.373. The van der Waals surface area contributed by atoms with Crippen LogP contribution in [0.2, 0.25) is 0 Å². The van der Waals surface area contributed by atoms with Crippen molar-refractivity contribution < 1.29 is 4.39 Å². The highest BCUT2D eigenvalue weighted by Gasteiger charge is 2.11. The van der Waals surface area contributed by atoms with Crippen LogP contribution in [0.3, 0.4) is 0 Å². The summed E-state index contributed by atoms with van der Waals surface area (Å²) in [6.45, 7) is 0. The van der Waals surface area contributed by atoms with Gasteiger partial charge in [0.05, 0.1) is 17.7 Å². The lowest BCUT2D eigenvalue weighted by Gasteiger charge is -2.08. The molecule has 0 aromatic carbocycles. The van der Waals surface area contributed by atoms with E-state index in [0.29, 0.717) is 5.56 Å². The maximum Gasteiger partial charge on any atom is 0.141 e. The summed E-state index contributed by atoms with van der Waals surface area (Å²) in [6, 6.07) is 1.04. The van der Waals surface area contributed by atoms with E-state index < -0.39 is 0 Å². The third-order valence-corrected chi connectivity index (χ3v) is 2.70. The van der Waals surface area contributed by atoms with Gasteiger partial charge in [-0.1, -0.05) is 0 Å². The van der Waals surface area contributed by atoms with Gasteiger partial charge in [-0.05, 0) is 11.6 Å². The highest BCUT2D eigenvalue weighted by Crippen LogP contribution is 2.21. The molecule has 5 heteroatoms. The fraction of sp³-hybridized carbons (Fsp3) is 0.111. The SMILES string of the molecule is NC(c1cncc(F)c1)c1cncs1. The molecular weight excluding hydrogens is 201 g/mol. The smallest absolute Gasteiger partial charge is 0.141 e. The lowest BCUT2D eigenvalue weighted by atomic mass is 10.1. The van der Waals surface area contributed by atoms with Crippen LogP contribution in [0.5, 0.6) is 0 Å². The summed E-state index contributed by atoms with van der Waals surface area (Å²) >= 11 is 1.45. The van der Waals surface area contributed by atoms with Crippen LogP contribution in [0.1, 0.15) is 16.5 Å². The van der Waals surface area contributed by atoms with Gasteiger partial charge >= 0.3 is 0 Å². The Balaban J connectivity index is 2.32. The van der Waals surface area contributed by atoms with Crippen molar-refractivity contribution in [3.05, 3.63) is 46.4 Å². The number of rotatable bonds is 2. The maximum atomic E-state index is 12.8. The predicted molar refractivity (Wildman–Crippen MR) is 52.3 cm³/mol. The Morgan fingerprint density at radius 1 is 1.29 bits per heavy atom. The lowest BCUT2D eigenvalue weighted by molar-refractivity contribution is 0.616. The first-order valence-electron chi connectivity index (χ1n) is 4.02. The highest BCUT2D eigenvalue weighted by molar-refractivity contribution is 7.09. The fourth-order valence-corrected chi connectivity index (χ4v) is 1.79. The summed E-state index contributed by atoms with van der Waals surface area (Å²) in [5.74, 6) is -0.373. The van der Waals surface area contributed by atoms with E-state index in [9.17, 15) is 4.39 Å². The van der Waals surface area contributed by atoms with Crippen LogP contribution in [0.25, 0.3) is 0 Å². The average Bonchev–Trinajstić information content (AvgIpc) is 2.69. The van der Waals surface area contributed by atoms with Crippen molar-refractivity contribution in [3.63, 3.8) is 0 Å². The molecule has 0 saturated carbocycles. The van der Waals surface area contributed by atoms with Crippen LogP contribution in [-0.4, -0.2) is 9.97 Å². The van der Waals surface area contributed by atoms with E-state index in [2.05, 4.69) is 9.97 Å². The second-order valence-corrected chi connectivity index (χ2v) is 3.74. The van der Waals surface area contributed by atoms with Crippen molar-refractivity contribution in [3.8, 4) is 0 Å².